The smallest absolute Gasteiger partial charge is 0.241 e. The molecule has 7 nitrogen and oxygen atoms in total. The number of carbonyl (C=O) groups excluding carboxylic acids is 1. The SMILES string of the molecule is CN1CCN(c2cc(N)nc(N)n2)CC1=O. The third-order valence-electron chi connectivity index (χ3n) is 2.53. The molecule has 1 amide bonds. The average molecular weight is 222 g/mol. The van der Waals surface area contributed by atoms with Crippen molar-refractivity contribution in [1.29, 1.82) is 0 Å². The number of anilines is 3. The van der Waals surface area contributed by atoms with Crippen LogP contribution in [0.25, 0.3) is 0 Å². The molecule has 0 atom stereocenters. The van der Waals surface area contributed by atoms with Crippen molar-refractivity contribution in [3.05, 3.63) is 6.07 Å². The molecule has 4 N–H and O–H groups in total. The van der Waals surface area contributed by atoms with Gasteiger partial charge in [-0.15, -0.1) is 0 Å². The summed E-state index contributed by atoms with van der Waals surface area (Å²) < 4.78 is 0. The summed E-state index contributed by atoms with van der Waals surface area (Å²) in [6, 6.07) is 1.62. The third-order valence-corrected chi connectivity index (χ3v) is 2.53. The Bertz CT molecular complexity index is 400. The first-order chi connectivity index (χ1) is 7.56. The van der Waals surface area contributed by atoms with Gasteiger partial charge >= 0.3 is 0 Å². The molecule has 0 spiro atoms. The number of hydrogen-bond acceptors (Lipinski definition) is 6. The van der Waals surface area contributed by atoms with E-state index in [0.717, 1.165) is 6.54 Å². The number of rotatable bonds is 1. The molecule has 0 aromatic carbocycles. The molecule has 16 heavy (non-hydrogen) atoms. The van der Waals surface area contributed by atoms with Crippen molar-refractivity contribution < 1.29 is 4.79 Å². The molecular weight excluding hydrogens is 208 g/mol. The summed E-state index contributed by atoms with van der Waals surface area (Å²) in [6.07, 6.45) is 0. The first-order valence-electron chi connectivity index (χ1n) is 4.95. The number of likely N-dealkylation sites (N-methyl/N-ethyl adjacent to an activating group) is 1. The van der Waals surface area contributed by atoms with Gasteiger partial charge in [-0.2, -0.15) is 9.97 Å². The lowest BCUT2D eigenvalue weighted by atomic mass is 10.3. The summed E-state index contributed by atoms with van der Waals surface area (Å²) in [6.45, 7) is 1.69. The molecule has 1 fully saturated rings. The van der Waals surface area contributed by atoms with Crippen LogP contribution in [0.4, 0.5) is 17.6 Å². The highest BCUT2D eigenvalue weighted by Gasteiger charge is 2.22. The Balaban J connectivity index is 2.21. The number of piperazine rings is 1. The average Bonchev–Trinajstić information content (AvgIpc) is 2.20. The van der Waals surface area contributed by atoms with E-state index < -0.39 is 0 Å². The maximum absolute atomic E-state index is 11.5. The summed E-state index contributed by atoms with van der Waals surface area (Å²) in [5.74, 6) is 1.10. The second-order valence-electron chi connectivity index (χ2n) is 3.75. The Labute approximate surface area is 93.1 Å². The molecule has 1 aliphatic rings. The summed E-state index contributed by atoms with van der Waals surface area (Å²) in [4.78, 5) is 22.9. The van der Waals surface area contributed by atoms with Gasteiger partial charge in [-0.05, 0) is 0 Å². The molecule has 0 aliphatic carbocycles. The summed E-state index contributed by atoms with van der Waals surface area (Å²) >= 11 is 0. The van der Waals surface area contributed by atoms with E-state index >= 15 is 0 Å². The van der Waals surface area contributed by atoms with Gasteiger partial charge in [0.05, 0.1) is 6.54 Å². The summed E-state index contributed by atoms with van der Waals surface area (Å²) in [7, 11) is 1.78. The van der Waals surface area contributed by atoms with Gasteiger partial charge in [-0.3, -0.25) is 4.79 Å². The van der Waals surface area contributed by atoms with E-state index in [2.05, 4.69) is 9.97 Å². The maximum atomic E-state index is 11.5. The highest BCUT2D eigenvalue weighted by molar-refractivity contribution is 5.82. The second-order valence-corrected chi connectivity index (χ2v) is 3.75. The van der Waals surface area contributed by atoms with Crippen molar-refractivity contribution in [2.24, 2.45) is 0 Å². The van der Waals surface area contributed by atoms with E-state index in [4.69, 9.17) is 11.5 Å². The Morgan fingerprint density at radius 3 is 2.69 bits per heavy atom. The molecular formula is C9H14N6O. The van der Waals surface area contributed by atoms with Crippen LogP contribution in [0.15, 0.2) is 6.07 Å². The molecule has 0 bridgehead atoms. The zero-order valence-corrected chi connectivity index (χ0v) is 9.05. The van der Waals surface area contributed by atoms with Gasteiger partial charge < -0.3 is 21.3 Å². The molecule has 0 unspecified atom stereocenters. The van der Waals surface area contributed by atoms with Crippen molar-refractivity contribution in [2.45, 2.75) is 0 Å². The number of carbonyl (C=O) groups is 1. The number of nitrogens with two attached hydrogens (primary N) is 2. The van der Waals surface area contributed by atoms with E-state index in [9.17, 15) is 4.79 Å². The first kappa shape index (κ1) is 10.5. The van der Waals surface area contributed by atoms with Crippen molar-refractivity contribution >= 4 is 23.5 Å². The number of nitrogen functional groups attached to an aromatic ring is 2. The van der Waals surface area contributed by atoms with Crippen LogP contribution in [0.2, 0.25) is 0 Å². The maximum Gasteiger partial charge on any atom is 0.241 e. The lowest BCUT2D eigenvalue weighted by Crippen LogP contribution is -2.48. The second kappa shape index (κ2) is 3.84. The van der Waals surface area contributed by atoms with Crippen LogP contribution < -0.4 is 16.4 Å². The van der Waals surface area contributed by atoms with Gasteiger partial charge in [-0.25, -0.2) is 0 Å². The fraction of sp³-hybridized carbons (Fsp3) is 0.444. The highest BCUT2D eigenvalue weighted by atomic mass is 16.2. The van der Waals surface area contributed by atoms with Crippen molar-refractivity contribution in [1.82, 2.24) is 14.9 Å². The minimum absolute atomic E-state index is 0.0574. The number of hydrogen-bond donors (Lipinski definition) is 2. The van der Waals surface area contributed by atoms with Crippen molar-refractivity contribution in [3.8, 4) is 0 Å². The lowest BCUT2D eigenvalue weighted by Gasteiger charge is -2.32. The molecule has 86 valence electrons. The Kier molecular flexibility index (Phi) is 2.51. The highest BCUT2D eigenvalue weighted by Crippen LogP contribution is 2.16. The third kappa shape index (κ3) is 1.97. The topological polar surface area (TPSA) is 101 Å². The molecule has 1 saturated heterocycles. The molecule has 2 heterocycles. The van der Waals surface area contributed by atoms with E-state index in [1.807, 2.05) is 4.90 Å². The van der Waals surface area contributed by atoms with Crippen LogP contribution in [0, 0.1) is 0 Å². The number of amides is 1. The van der Waals surface area contributed by atoms with Crippen LogP contribution >= 0.6 is 0 Å². The summed E-state index contributed by atoms with van der Waals surface area (Å²) in [5.41, 5.74) is 11.1. The predicted molar refractivity (Wildman–Crippen MR) is 60.7 cm³/mol. The molecule has 1 aromatic rings. The minimum Gasteiger partial charge on any atom is -0.383 e. The monoisotopic (exact) mass is 222 g/mol. The minimum atomic E-state index is 0.0574. The predicted octanol–water partition coefficient (Wildman–Crippen LogP) is -1.08. The van der Waals surface area contributed by atoms with E-state index in [1.54, 1.807) is 18.0 Å². The molecule has 7 heteroatoms. The molecule has 2 rings (SSSR count). The Hall–Kier alpha value is -2.05. The standard InChI is InChI=1S/C9H14N6O/c1-14-2-3-15(5-8(14)16)7-4-6(10)12-9(11)13-7/h4H,2-3,5H2,1H3,(H4,10,11,12,13). The van der Waals surface area contributed by atoms with Crippen LogP contribution in [-0.4, -0.2) is 47.5 Å². The largest absolute Gasteiger partial charge is 0.383 e. The fourth-order valence-corrected chi connectivity index (χ4v) is 1.59. The van der Waals surface area contributed by atoms with E-state index in [1.165, 1.54) is 0 Å². The molecule has 1 aromatic heterocycles. The van der Waals surface area contributed by atoms with E-state index in [0.29, 0.717) is 24.7 Å². The Morgan fingerprint density at radius 1 is 1.31 bits per heavy atom. The van der Waals surface area contributed by atoms with Gasteiger partial charge in [0.15, 0.2) is 0 Å². The van der Waals surface area contributed by atoms with Crippen molar-refractivity contribution in [3.63, 3.8) is 0 Å². The van der Waals surface area contributed by atoms with Crippen LogP contribution in [0.5, 0.6) is 0 Å². The zero-order valence-electron chi connectivity index (χ0n) is 9.05. The Morgan fingerprint density at radius 2 is 2.06 bits per heavy atom. The summed E-state index contributed by atoms with van der Waals surface area (Å²) in [5, 5.41) is 0. The molecule has 0 saturated carbocycles. The van der Waals surface area contributed by atoms with E-state index in [-0.39, 0.29) is 11.9 Å². The van der Waals surface area contributed by atoms with Gasteiger partial charge in [-0.1, -0.05) is 0 Å². The molecule has 0 radical (unpaired) electrons. The molecule has 1 aliphatic heterocycles. The first-order valence-corrected chi connectivity index (χ1v) is 4.95. The van der Waals surface area contributed by atoms with Gasteiger partial charge in [0.2, 0.25) is 11.9 Å². The number of nitrogens with zero attached hydrogens (tertiary/aromatic N) is 4. The van der Waals surface area contributed by atoms with Gasteiger partial charge in [0, 0.05) is 26.2 Å². The van der Waals surface area contributed by atoms with Crippen LogP contribution in [0.1, 0.15) is 0 Å². The van der Waals surface area contributed by atoms with Crippen molar-refractivity contribution in [2.75, 3.05) is 43.0 Å². The zero-order chi connectivity index (χ0) is 11.7. The van der Waals surface area contributed by atoms with Gasteiger partial charge in [0.25, 0.3) is 0 Å². The van der Waals surface area contributed by atoms with Crippen LogP contribution in [-0.2, 0) is 4.79 Å². The lowest BCUT2D eigenvalue weighted by molar-refractivity contribution is -0.129. The normalized spacial score (nSPS) is 16.7. The van der Waals surface area contributed by atoms with Crippen LogP contribution in [0.3, 0.4) is 0 Å². The fourth-order valence-electron chi connectivity index (χ4n) is 1.59. The van der Waals surface area contributed by atoms with Gasteiger partial charge in [0.1, 0.15) is 11.6 Å². The quantitative estimate of drug-likeness (QED) is 0.626. The number of aromatic nitrogens is 2.